The normalized spacial score (nSPS) is 15.7. The van der Waals surface area contributed by atoms with Gasteiger partial charge in [-0.2, -0.15) is 25.2 Å². The number of anilines is 8. The van der Waals surface area contributed by atoms with Crippen molar-refractivity contribution >= 4 is 92.2 Å². The number of hydrogen-bond donors (Lipinski definition) is 4. The SMILES string of the molecule is CCC(C#N)n1cnc2c(-c3cnc(N)nc3)nc(N3CCOCC3)nc21.CCC(C)n1cnc2c(-c3cnc(N)nc3)nc(N3CCOCC3)nc21.CCC(CC)n1cnc2c(-c3cnc(N)nc3)nc(N3CCOCC3)nc21.CC[C@@H](C)n1cnc2c(-c3cnc(N)nc3)nc(N3CCOCC3)nc21. The molecule has 37 nitrogen and oxygen atoms in total. The third kappa shape index (κ3) is 15.8. The maximum atomic E-state index is 9.49. The molecule has 12 aromatic rings. The fourth-order valence-electron chi connectivity index (χ4n) is 12.5. The van der Waals surface area contributed by atoms with Gasteiger partial charge in [-0.25, -0.2) is 79.7 Å². The van der Waals surface area contributed by atoms with E-state index in [4.69, 9.17) is 81.8 Å². The molecule has 4 aliphatic heterocycles. The van der Waals surface area contributed by atoms with Gasteiger partial charge in [0.2, 0.25) is 47.6 Å². The second-order valence-electron chi connectivity index (χ2n) is 25.5. The smallest absolute Gasteiger partial charge is 0.228 e. The molecule has 12 aromatic heterocycles. The van der Waals surface area contributed by atoms with E-state index in [1.807, 2.05) is 25.9 Å². The minimum atomic E-state index is -0.349. The Balaban J connectivity index is 0.000000125. The first-order valence-corrected chi connectivity index (χ1v) is 35.8. The van der Waals surface area contributed by atoms with Crippen LogP contribution in [0.1, 0.15) is 105 Å². The Kier molecular flexibility index (Phi) is 22.8. The molecule has 16 heterocycles. The summed E-state index contributed by atoms with van der Waals surface area (Å²) >= 11 is 0. The van der Waals surface area contributed by atoms with Crippen molar-refractivity contribution in [3.05, 3.63) is 74.9 Å². The minimum absolute atomic E-state index is 0.193. The first-order chi connectivity index (χ1) is 51.8. The van der Waals surface area contributed by atoms with Gasteiger partial charge in [-0.15, -0.1) is 0 Å². The third-order valence-electron chi connectivity index (χ3n) is 18.9. The van der Waals surface area contributed by atoms with Gasteiger partial charge in [-0.05, 0) is 46.0 Å². The zero-order valence-corrected chi connectivity index (χ0v) is 60.5. The van der Waals surface area contributed by atoms with Gasteiger partial charge in [0.1, 0.15) is 50.9 Å². The Bertz CT molecular complexity index is 4790. The Hall–Kier alpha value is -11.8. The first kappa shape index (κ1) is 72.6. The van der Waals surface area contributed by atoms with Crippen molar-refractivity contribution < 1.29 is 18.9 Å². The van der Waals surface area contributed by atoms with Gasteiger partial charge in [0.25, 0.3) is 0 Å². The lowest BCUT2D eigenvalue weighted by atomic mass is 10.1. The van der Waals surface area contributed by atoms with E-state index in [0.717, 1.165) is 132 Å². The van der Waals surface area contributed by atoms with Gasteiger partial charge >= 0.3 is 0 Å². The summed E-state index contributed by atoms with van der Waals surface area (Å²) in [4.78, 5) is 97.9. The molecule has 106 heavy (non-hydrogen) atoms. The first-order valence-electron chi connectivity index (χ1n) is 35.8. The molecule has 0 amide bonds. The van der Waals surface area contributed by atoms with Crippen molar-refractivity contribution in [1.82, 2.24) is 118 Å². The molecule has 0 aromatic carbocycles. The van der Waals surface area contributed by atoms with Crippen molar-refractivity contribution in [2.75, 3.05) is 148 Å². The van der Waals surface area contributed by atoms with Crippen LogP contribution in [0.5, 0.6) is 0 Å². The van der Waals surface area contributed by atoms with Gasteiger partial charge in [-0.1, -0.05) is 34.6 Å². The number of rotatable bonds is 17. The second-order valence-corrected chi connectivity index (χ2v) is 25.5. The lowest BCUT2D eigenvalue weighted by Gasteiger charge is -2.27. The van der Waals surface area contributed by atoms with Crippen LogP contribution in [-0.4, -0.2) is 223 Å². The number of morpholine rings is 4. The Morgan fingerprint density at radius 2 is 0.585 bits per heavy atom. The topological polar surface area (TPSA) is 455 Å². The van der Waals surface area contributed by atoms with E-state index < -0.39 is 0 Å². The molecule has 3 atom stereocenters. The van der Waals surface area contributed by atoms with Crippen molar-refractivity contribution in [3.63, 3.8) is 0 Å². The van der Waals surface area contributed by atoms with E-state index in [0.29, 0.717) is 137 Å². The monoisotopic (exact) mass is 1440 g/mol. The summed E-state index contributed by atoms with van der Waals surface area (Å²) < 4.78 is 30.0. The highest BCUT2D eigenvalue weighted by atomic mass is 16.5. The van der Waals surface area contributed by atoms with Crippen LogP contribution in [0.15, 0.2) is 74.9 Å². The highest BCUT2D eigenvalue weighted by molar-refractivity contribution is 5.91. The Morgan fingerprint density at radius 3 is 0.830 bits per heavy atom. The van der Waals surface area contributed by atoms with Crippen LogP contribution in [0.3, 0.4) is 0 Å². The van der Waals surface area contributed by atoms with Crippen molar-refractivity contribution in [2.24, 2.45) is 0 Å². The van der Waals surface area contributed by atoms with E-state index in [-0.39, 0.29) is 29.8 Å². The summed E-state index contributed by atoms with van der Waals surface area (Å²) in [7, 11) is 0. The second kappa shape index (κ2) is 33.4. The summed E-state index contributed by atoms with van der Waals surface area (Å²) in [6, 6.07) is 2.88. The van der Waals surface area contributed by atoms with E-state index in [9.17, 15) is 5.26 Å². The maximum absolute atomic E-state index is 9.49. The standard InChI is InChI=1S/C18H24N8O.C17H19N9O.2C17H22N8O/c1-3-13(4-2)26-11-22-15-14(12-9-20-17(19)21-10-12)23-18(24-16(15)26)25-5-7-27-8-6-25;1-2-12(7-18)26-10-22-14-13(11-8-20-16(19)21-9-11)23-17(24-15(14)26)25-3-5-27-6-4-25;2*1-3-11(2)25-10-21-14-13(12-8-19-16(18)20-9-12)22-17(23-15(14)25)24-4-6-26-7-5-24/h9-11,13H,3-8H2,1-2H3,(H2,19,20,21);8-10,12H,2-6H2,1H3,(H2,19,20,21);2*8-11H,3-7H2,1-2H3,(H2,18,19,20)/t;;11-;/m..1./s1. The molecule has 0 spiro atoms. The van der Waals surface area contributed by atoms with Crippen LogP contribution in [0.25, 0.3) is 89.7 Å². The summed E-state index contributed by atoms with van der Waals surface area (Å²) in [6.07, 6.45) is 25.1. The number of nitrogens with zero attached hydrogens (tertiary/aromatic N) is 29. The predicted octanol–water partition coefficient (Wildman–Crippen LogP) is 6.59. The quantitative estimate of drug-likeness (QED) is 0.0747. The number of nitrogen functional groups attached to an aromatic ring is 4. The molecule has 4 fully saturated rings. The average molecular weight is 1440 g/mol. The van der Waals surface area contributed by atoms with E-state index in [2.05, 4.69) is 141 Å². The zero-order valence-electron chi connectivity index (χ0n) is 60.5. The van der Waals surface area contributed by atoms with Crippen LogP contribution in [0.4, 0.5) is 47.6 Å². The number of imidazole rings is 4. The van der Waals surface area contributed by atoms with E-state index in [1.54, 1.807) is 60.5 Å². The molecule has 4 aliphatic rings. The molecule has 2 unspecified atom stereocenters. The van der Waals surface area contributed by atoms with Crippen LogP contribution >= 0.6 is 0 Å². The van der Waals surface area contributed by atoms with Gasteiger partial charge in [-0.3, -0.25) is 4.57 Å². The summed E-state index contributed by atoms with van der Waals surface area (Å²) in [5.41, 5.74) is 34.3. The fraction of sp³-hybridized carbons (Fsp3) is 0.464. The summed E-state index contributed by atoms with van der Waals surface area (Å²) in [5.74, 6) is 3.52. The molecule has 0 radical (unpaired) electrons. The minimum Gasteiger partial charge on any atom is -0.378 e. The molecule has 16 rings (SSSR count). The van der Waals surface area contributed by atoms with Crippen LogP contribution < -0.4 is 42.5 Å². The maximum Gasteiger partial charge on any atom is 0.228 e. The largest absolute Gasteiger partial charge is 0.378 e. The van der Waals surface area contributed by atoms with E-state index in [1.165, 1.54) is 0 Å². The van der Waals surface area contributed by atoms with Crippen molar-refractivity contribution in [3.8, 4) is 51.1 Å². The van der Waals surface area contributed by atoms with Crippen LogP contribution in [0, 0.1) is 11.3 Å². The number of aromatic nitrogens is 24. The van der Waals surface area contributed by atoms with Gasteiger partial charge in [0, 0.05) is 142 Å². The average Bonchev–Trinajstić information content (AvgIpc) is 1.60. The predicted molar refractivity (Wildman–Crippen MR) is 400 cm³/mol. The molecular formula is C69H87N33O4. The molecule has 0 bridgehead atoms. The van der Waals surface area contributed by atoms with Gasteiger partial charge in [0.15, 0.2) is 22.6 Å². The number of fused-ring (bicyclic) bond motifs is 4. The van der Waals surface area contributed by atoms with Crippen molar-refractivity contribution in [1.29, 1.82) is 5.26 Å². The highest BCUT2D eigenvalue weighted by Gasteiger charge is 2.28. The zero-order chi connectivity index (χ0) is 73.8. The number of hydrogen-bond acceptors (Lipinski definition) is 33. The fourth-order valence-corrected chi connectivity index (χ4v) is 12.5. The lowest BCUT2D eigenvalue weighted by molar-refractivity contribution is 0.122. The molecular weight excluding hydrogens is 1350 g/mol. The molecule has 8 N–H and O–H groups in total. The van der Waals surface area contributed by atoms with Crippen LogP contribution in [0.2, 0.25) is 0 Å². The highest BCUT2D eigenvalue weighted by Crippen LogP contribution is 2.35. The van der Waals surface area contributed by atoms with Gasteiger partial charge in [0.05, 0.1) is 84.2 Å². The number of nitrogens with two attached hydrogens (primary N) is 4. The third-order valence-corrected chi connectivity index (χ3v) is 18.9. The summed E-state index contributed by atoms with van der Waals surface area (Å²) in [6.45, 7) is 26.2. The van der Waals surface area contributed by atoms with E-state index >= 15 is 0 Å². The molecule has 0 aliphatic carbocycles. The number of ether oxygens (including phenoxy) is 4. The van der Waals surface area contributed by atoms with Crippen molar-refractivity contribution in [2.45, 2.75) is 105 Å². The molecule has 0 saturated carbocycles. The van der Waals surface area contributed by atoms with Gasteiger partial charge < -0.3 is 75.2 Å². The number of nitriles is 1. The summed E-state index contributed by atoms with van der Waals surface area (Å²) in [5, 5.41) is 9.49. The molecule has 4 saturated heterocycles. The van der Waals surface area contributed by atoms with Crippen LogP contribution in [-0.2, 0) is 18.9 Å². The Labute approximate surface area is 610 Å². The lowest BCUT2D eigenvalue weighted by Crippen LogP contribution is -2.37. The molecule has 552 valence electrons. The molecule has 37 heteroatoms. The Morgan fingerprint density at radius 1 is 0.340 bits per heavy atom.